The number of methoxy groups -OCH3 is 1. The van der Waals surface area contributed by atoms with Crippen molar-refractivity contribution in [3.63, 3.8) is 0 Å². The van der Waals surface area contributed by atoms with E-state index in [9.17, 15) is 4.79 Å². The molecule has 0 spiro atoms. The van der Waals surface area contributed by atoms with Crippen LogP contribution in [-0.2, 0) is 17.6 Å². The molecule has 1 unspecified atom stereocenters. The standard InChI is InChI=1S/C17H22N2O2/c1-10(2)6-17(20)18-11-7-13-14-9-12(21-3)4-5-15(14)19-16(13)8-11/h4-5,9-11,19H,6-8H2,1-3H3,(H,18,20). The van der Waals surface area contributed by atoms with E-state index in [1.165, 1.54) is 16.6 Å². The summed E-state index contributed by atoms with van der Waals surface area (Å²) in [5.74, 6) is 1.42. The quantitative estimate of drug-likeness (QED) is 0.908. The van der Waals surface area contributed by atoms with E-state index in [2.05, 4.69) is 36.3 Å². The fraction of sp³-hybridized carbons (Fsp3) is 0.471. The van der Waals surface area contributed by atoms with Gasteiger partial charge < -0.3 is 15.0 Å². The van der Waals surface area contributed by atoms with E-state index in [0.717, 1.165) is 24.1 Å². The average Bonchev–Trinajstić information content (AvgIpc) is 2.94. The van der Waals surface area contributed by atoms with Gasteiger partial charge in [0.15, 0.2) is 0 Å². The maximum Gasteiger partial charge on any atom is 0.220 e. The summed E-state index contributed by atoms with van der Waals surface area (Å²) >= 11 is 0. The molecule has 0 bridgehead atoms. The van der Waals surface area contributed by atoms with E-state index >= 15 is 0 Å². The number of hydrogen-bond donors (Lipinski definition) is 2. The lowest BCUT2D eigenvalue weighted by atomic mass is 10.1. The van der Waals surface area contributed by atoms with Crippen LogP contribution in [0.5, 0.6) is 5.75 Å². The second kappa shape index (κ2) is 5.43. The number of hydrogen-bond acceptors (Lipinski definition) is 2. The Bertz CT molecular complexity index is 673. The number of amides is 1. The van der Waals surface area contributed by atoms with Gasteiger partial charge in [-0.3, -0.25) is 4.79 Å². The lowest BCUT2D eigenvalue weighted by molar-refractivity contribution is -0.122. The van der Waals surface area contributed by atoms with Crippen LogP contribution in [-0.4, -0.2) is 24.0 Å². The van der Waals surface area contributed by atoms with Crippen molar-refractivity contribution in [3.05, 3.63) is 29.5 Å². The Kier molecular flexibility index (Phi) is 3.62. The van der Waals surface area contributed by atoms with Crippen LogP contribution >= 0.6 is 0 Å². The molecule has 2 aromatic rings. The molecule has 1 amide bonds. The van der Waals surface area contributed by atoms with Gasteiger partial charge in [0, 0.05) is 35.5 Å². The maximum absolute atomic E-state index is 11.9. The largest absolute Gasteiger partial charge is 0.497 e. The van der Waals surface area contributed by atoms with Gasteiger partial charge in [0.1, 0.15) is 5.75 Å². The summed E-state index contributed by atoms with van der Waals surface area (Å²) in [6.45, 7) is 4.13. The van der Waals surface area contributed by atoms with Gasteiger partial charge in [0.05, 0.1) is 7.11 Å². The number of ether oxygens (including phenoxy) is 1. The number of rotatable bonds is 4. The van der Waals surface area contributed by atoms with Gasteiger partial charge in [-0.15, -0.1) is 0 Å². The van der Waals surface area contributed by atoms with Crippen molar-refractivity contribution in [1.29, 1.82) is 0 Å². The average molecular weight is 286 g/mol. The van der Waals surface area contributed by atoms with E-state index in [1.807, 2.05) is 6.07 Å². The van der Waals surface area contributed by atoms with Crippen molar-refractivity contribution < 1.29 is 9.53 Å². The van der Waals surface area contributed by atoms with E-state index in [4.69, 9.17) is 4.74 Å². The Labute approximate surface area is 124 Å². The summed E-state index contributed by atoms with van der Waals surface area (Å²) < 4.78 is 5.30. The number of aromatic nitrogens is 1. The predicted octanol–water partition coefficient (Wildman–Crippen LogP) is 2.81. The minimum absolute atomic E-state index is 0.155. The number of fused-ring (bicyclic) bond motifs is 3. The Morgan fingerprint density at radius 3 is 2.95 bits per heavy atom. The van der Waals surface area contributed by atoms with Crippen LogP contribution in [0.3, 0.4) is 0 Å². The third-order valence-corrected chi connectivity index (χ3v) is 4.06. The first-order valence-electron chi connectivity index (χ1n) is 7.53. The summed E-state index contributed by atoms with van der Waals surface area (Å²) in [7, 11) is 1.68. The van der Waals surface area contributed by atoms with Gasteiger partial charge in [-0.1, -0.05) is 13.8 Å². The SMILES string of the molecule is COc1ccc2[nH]c3c(c2c1)CC(NC(=O)CC(C)C)C3. The zero-order valence-corrected chi connectivity index (χ0v) is 12.8. The molecule has 1 heterocycles. The van der Waals surface area contributed by atoms with Gasteiger partial charge in [-0.25, -0.2) is 0 Å². The van der Waals surface area contributed by atoms with Crippen molar-refractivity contribution in [2.75, 3.05) is 7.11 Å². The molecule has 1 atom stereocenters. The Morgan fingerprint density at radius 1 is 1.43 bits per heavy atom. The second-order valence-electron chi connectivity index (χ2n) is 6.26. The monoisotopic (exact) mass is 286 g/mol. The van der Waals surface area contributed by atoms with Crippen LogP contribution in [0.25, 0.3) is 10.9 Å². The third-order valence-electron chi connectivity index (χ3n) is 4.06. The highest BCUT2D eigenvalue weighted by atomic mass is 16.5. The molecule has 4 nitrogen and oxygen atoms in total. The number of nitrogens with one attached hydrogen (secondary N) is 2. The highest BCUT2D eigenvalue weighted by Gasteiger charge is 2.26. The molecule has 0 radical (unpaired) electrons. The fourth-order valence-corrected chi connectivity index (χ4v) is 3.14. The predicted molar refractivity (Wildman–Crippen MR) is 83.6 cm³/mol. The van der Waals surface area contributed by atoms with Crippen LogP contribution in [0.4, 0.5) is 0 Å². The molecular formula is C17H22N2O2. The highest BCUT2D eigenvalue weighted by molar-refractivity contribution is 5.87. The molecule has 1 aliphatic carbocycles. The number of carbonyl (C=O) groups excluding carboxylic acids is 1. The summed E-state index contributed by atoms with van der Waals surface area (Å²) in [6.07, 6.45) is 2.38. The Morgan fingerprint density at radius 2 is 2.24 bits per heavy atom. The van der Waals surface area contributed by atoms with Crippen LogP contribution in [0, 0.1) is 5.92 Å². The molecule has 0 aliphatic heterocycles. The summed E-state index contributed by atoms with van der Waals surface area (Å²) in [4.78, 5) is 15.4. The number of carbonyl (C=O) groups is 1. The smallest absolute Gasteiger partial charge is 0.220 e. The fourth-order valence-electron chi connectivity index (χ4n) is 3.14. The summed E-state index contributed by atoms with van der Waals surface area (Å²) in [5, 5.41) is 4.36. The van der Waals surface area contributed by atoms with Crippen molar-refractivity contribution >= 4 is 16.8 Å². The molecule has 1 aliphatic rings. The first kappa shape index (κ1) is 14.0. The lowest BCUT2D eigenvalue weighted by Gasteiger charge is -2.13. The molecule has 0 saturated carbocycles. The van der Waals surface area contributed by atoms with Crippen LogP contribution in [0.2, 0.25) is 0 Å². The zero-order valence-electron chi connectivity index (χ0n) is 12.8. The van der Waals surface area contributed by atoms with Crippen molar-refractivity contribution in [1.82, 2.24) is 10.3 Å². The minimum atomic E-state index is 0.155. The number of aromatic amines is 1. The van der Waals surface area contributed by atoms with Crippen molar-refractivity contribution in [3.8, 4) is 5.75 Å². The topological polar surface area (TPSA) is 54.1 Å². The number of benzene rings is 1. The molecule has 21 heavy (non-hydrogen) atoms. The molecule has 1 aromatic carbocycles. The van der Waals surface area contributed by atoms with E-state index in [0.29, 0.717) is 12.3 Å². The maximum atomic E-state index is 11.9. The highest BCUT2D eigenvalue weighted by Crippen LogP contribution is 2.32. The molecule has 2 N–H and O–H groups in total. The zero-order chi connectivity index (χ0) is 15.0. The van der Waals surface area contributed by atoms with Gasteiger partial charge in [0.2, 0.25) is 5.91 Å². The molecule has 0 saturated heterocycles. The van der Waals surface area contributed by atoms with Gasteiger partial charge >= 0.3 is 0 Å². The molecule has 3 rings (SSSR count). The molecule has 1 aromatic heterocycles. The van der Waals surface area contributed by atoms with Gasteiger partial charge in [0.25, 0.3) is 0 Å². The molecule has 4 heteroatoms. The summed E-state index contributed by atoms with van der Waals surface area (Å²) in [5.41, 5.74) is 3.71. The van der Waals surface area contributed by atoms with Crippen LogP contribution in [0.15, 0.2) is 18.2 Å². The van der Waals surface area contributed by atoms with Gasteiger partial charge in [-0.2, -0.15) is 0 Å². The molecule has 112 valence electrons. The van der Waals surface area contributed by atoms with E-state index < -0.39 is 0 Å². The molecular weight excluding hydrogens is 264 g/mol. The first-order chi connectivity index (χ1) is 10.1. The van der Waals surface area contributed by atoms with E-state index in [-0.39, 0.29) is 11.9 Å². The third kappa shape index (κ3) is 2.75. The Hall–Kier alpha value is -1.97. The summed E-state index contributed by atoms with van der Waals surface area (Å²) in [6, 6.07) is 6.31. The second-order valence-corrected chi connectivity index (χ2v) is 6.26. The Balaban J connectivity index is 1.77. The van der Waals surface area contributed by atoms with E-state index in [1.54, 1.807) is 7.11 Å². The lowest BCUT2D eigenvalue weighted by Crippen LogP contribution is -2.36. The first-order valence-corrected chi connectivity index (χ1v) is 7.53. The number of H-pyrrole nitrogens is 1. The normalized spacial score (nSPS) is 17.2. The van der Waals surface area contributed by atoms with Gasteiger partial charge in [-0.05, 0) is 36.1 Å². The molecule has 0 fully saturated rings. The van der Waals surface area contributed by atoms with Crippen LogP contribution in [0.1, 0.15) is 31.5 Å². The van der Waals surface area contributed by atoms with Crippen LogP contribution < -0.4 is 10.1 Å². The van der Waals surface area contributed by atoms with Crippen molar-refractivity contribution in [2.24, 2.45) is 5.92 Å². The minimum Gasteiger partial charge on any atom is -0.497 e. The van der Waals surface area contributed by atoms with Crippen molar-refractivity contribution in [2.45, 2.75) is 39.2 Å².